The third-order valence-electron chi connectivity index (χ3n) is 1.72. The lowest BCUT2D eigenvalue weighted by molar-refractivity contribution is 0.134. The van der Waals surface area contributed by atoms with Gasteiger partial charge in [0.25, 0.3) is 0 Å². The van der Waals surface area contributed by atoms with Crippen LogP contribution in [0.5, 0.6) is 0 Å². The summed E-state index contributed by atoms with van der Waals surface area (Å²) in [4.78, 5) is 0. The lowest BCUT2D eigenvalue weighted by Gasteiger charge is -2.03. The highest BCUT2D eigenvalue weighted by atomic mass is 16.5. The molecule has 1 aromatic rings. The van der Waals surface area contributed by atoms with Gasteiger partial charge in [0.1, 0.15) is 0 Å². The Labute approximate surface area is 87.3 Å². The maximum absolute atomic E-state index is 5.27. The number of benzene rings is 1. The van der Waals surface area contributed by atoms with Crippen molar-refractivity contribution in [3.63, 3.8) is 0 Å². The second kappa shape index (κ2) is 8.57. The predicted molar refractivity (Wildman–Crippen MR) is 62.7 cm³/mol. The lowest BCUT2D eigenvalue weighted by atomic mass is 10.2. The molecule has 0 aromatic heterocycles. The first-order valence-corrected chi connectivity index (χ1v) is 5.21. The number of nitrogens with one attached hydrogen (secondary N) is 1. The Morgan fingerprint density at radius 3 is 2.14 bits per heavy atom. The van der Waals surface area contributed by atoms with Gasteiger partial charge < -0.3 is 10.1 Å². The van der Waals surface area contributed by atoms with Crippen LogP contribution in [0.2, 0.25) is 0 Å². The Hall–Kier alpha value is -1.02. The lowest BCUT2D eigenvalue weighted by Crippen LogP contribution is -1.92. The molecule has 0 aliphatic rings. The first kappa shape index (κ1) is 13.0. The number of ether oxygens (including phenoxy) is 1. The van der Waals surface area contributed by atoms with E-state index < -0.39 is 0 Å². The molecule has 14 heavy (non-hydrogen) atoms. The van der Waals surface area contributed by atoms with Crippen LogP contribution in [0.25, 0.3) is 0 Å². The van der Waals surface area contributed by atoms with Gasteiger partial charge in [-0.05, 0) is 24.6 Å². The smallest absolute Gasteiger partial charge is 0.0716 e. The second-order valence-electron chi connectivity index (χ2n) is 2.58. The van der Waals surface area contributed by atoms with Crippen LogP contribution in [0.4, 0.5) is 5.69 Å². The van der Waals surface area contributed by atoms with Crippen LogP contribution in [0, 0.1) is 0 Å². The van der Waals surface area contributed by atoms with E-state index in [4.69, 9.17) is 4.74 Å². The molecule has 80 valence electrons. The molecule has 2 heteroatoms. The fourth-order valence-electron chi connectivity index (χ4n) is 0.988. The summed E-state index contributed by atoms with van der Waals surface area (Å²) < 4.78 is 5.27. The third-order valence-corrected chi connectivity index (χ3v) is 1.72. The minimum Gasteiger partial charge on any atom is -0.388 e. The van der Waals surface area contributed by atoms with Crippen molar-refractivity contribution in [2.75, 3.05) is 19.0 Å². The Balaban J connectivity index is 0.000000791. The van der Waals surface area contributed by atoms with Crippen molar-refractivity contribution in [2.45, 2.75) is 27.4 Å². The molecule has 1 N–H and O–H groups in total. The van der Waals surface area contributed by atoms with Crippen LogP contribution < -0.4 is 5.32 Å². The molecule has 0 unspecified atom stereocenters. The number of hydrogen-bond acceptors (Lipinski definition) is 2. The van der Waals surface area contributed by atoms with Crippen molar-refractivity contribution < 1.29 is 4.74 Å². The van der Waals surface area contributed by atoms with E-state index in [1.54, 1.807) is 0 Å². The first-order chi connectivity index (χ1) is 6.86. The predicted octanol–water partition coefficient (Wildman–Crippen LogP) is 3.29. The molecular weight excluding hydrogens is 174 g/mol. The minimum absolute atomic E-state index is 0.709. The third kappa shape index (κ3) is 4.87. The highest BCUT2D eigenvalue weighted by molar-refractivity contribution is 5.43. The summed E-state index contributed by atoms with van der Waals surface area (Å²) in [6.45, 7) is 7.48. The largest absolute Gasteiger partial charge is 0.388 e. The van der Waals surface area contributed by atoms with Crippen molar-refractivity contribution in [2.24, 2.45) is 0 Å². The van der Waals surface area contributed by atoms with Crippen molar-refractivity contribution in [3.05, 3.63) is 29.8 Å². The molecule has 0 atom stereocenters. The minimum atomic E-state index is 0.709. The van der Waals surface area contributed by atoms with Crippen molar-refractivity contribution in [3.8, 4) is 0 Å². The molecule has 0 spiro atoms. The quantitative estimate of drug-likeness (QED) is 0.796. The molecule has 0 bridgehead atoms. The molecule has 1 aromatic carbocycles. The van der Waals surface area contributed by atoms with Gasteiger partial charge in [0.15, 0.2) is 0 Å². The second-order valence-corrected chi connectivity index (χ2v) is 2.58. The summed E-state index contributed by atoms with van der Waals surface area (Å²) in [6.07, 6.45) is 0. The zero-order valence-corrected chi connectivity index (χ0v) is 9.63. The van der Waals surface area contributed by atoms with Crippen LogP contribution in [-0.4, -0.2) is 13.7 Å². The fourth-order valence-corrected chi connectivity index (χ4v) is 0.988. The van der Waals surface area contributed by atoms with E-state index >= 15 is 0 Å². The van der Waals surface area contributed by atoms with Gasteiger partial charge in [-0.1, -0.05) is 26.0 Å². The van der Waals surface area contributed by atoms with Crippen molar-refractivity contribution in [1.82, 2.24) is 0 Å². The summed E-state index contributed by atoms with van der Waals surface area (Å²) in [7, 11) is 1.91. The number of anilines is 1. The van der Waals surface area contributed by atoms with Gasteiger partial charge >= 0.3 is 0 Å². The fraction of sp³-hybridized carbons (Fsp3) is 0.500. The van der Waals surface area contributed by atoms with Gasteiger partial charge in [0.05, 0.1) is 6.61 Å². The number of rotatable bonds is 4. The topological polar surface area (TPSA) is 21.3 Å². The van der Waals surface area contributed by atoms with Gasteiger partial charge in [-0.25, -0.2) is 0 Å². The normalized spacial score (nSPS) is 8.86. The maximum atomic E-state index is 5.27. The van der Waals surface area contributed by atoms with Crippen LogP contribution in [0.3, 0.4) is 0 Å². The van der Waals surface area contributed by atoms with Gasteiger partial charge in [0.2, 0.25) is 0 Å². The summed E-state index contributed by atoms with van der Waals surface area (Å²) in [5, 5.41) is 3.07. The summed E-state index contributed by atoms with van der Waals surface area (Å²) in [6, 6.07) is 8.24. The van der Waals surface area contributed by atoms with E-state index in [-0.39, 0.29) is 0 Å². The highest BCUT2D eigenvalue weighted by Crippen LogP contribution is 2.08. The van der Waals surface area contributed by atoms with E-state index in [1.807, 2.05) is 40.0 Å². The van der Waals surface area contributed by atoms with Gasteiger partial charge in [-0.3, -0.25) is 0 Å². The summed E-state index contributed by atoms with van der Waals surface area (Å²) >= 11 is 0. The van der Waals surface area contributed by atoms with Crippen LogP contribution >= 0.6 is 0 Å². The maximum Gasteiger partial charge on any atom is 0.0716 e. The number of hydrogen-bond donors (Lipinski definition) is 1. The molecule has 0 aliphatic carbocycles. The average molecular weight is 195 g/mol. The molecule has 0 amide bonds. The zero-order chi connectivity index (χ0) is 10.8. The standard InChI is InChI=1S/C10H15NO.C2H6/c1-3-12-8-9-4-6-10(11-2)7-5-9;1-2/h4-7,11H,3,8H2,1-2H3;1-2H3. The Bertz CT molecular complexity index is 218. The molecule has 0 fully saturated rings. The molecule has 0 saturated heterocycles. The van der Waals surface area contributed by atoms with Crippen molar-refractivity contribution in [1.29, 1.82) is 0 Å². The van der Waals surface area contributed by atoms with E-state index in [9.17, 15) is 0 Å². The molecule has 0 aliphatic heterocycles. The van der Waals surface area contributed by atoms with Crippen molar-refractivity contribution >= 4 is 5.69 Å². The van der Waals surface area contributed by atoms with Crippen LogP contribution in [0.1, 0.15) is 26.3 Å². The molecule has 0 saturated carbocycles. The Morgan fingerprint density at radius 1 is 1.14 bits per heavy atom. The van der Waals surface area contributed by atoms with E-state index in [0.29, 0.717) is 6.61 Å². The molecule has 2 nitrogen and oxygen atoms in total. The average Bonchev–Trinajstić information content (AvgIpc) is 2.30. The van der Waals surface area contributed by atoms with Gasteiger partial charge in [-0.15, -0.1) is 0 Å². The molecule has 0 heterocycles. The van der Waals surface area contributed by atoms with Crippen LogP contribution in [-0.2, 0) is 11.3 Å². The summed E-state index contributed by atoms with van der Waals surface area (Å²) in [5.74, 6) is 0. The first-order valence-electron chi connectivity index (χ1n) is 5.21. The van der Waals surface area contributed by atoms with Crippen LogP contribution in [0.15, 0.2) is 24.3 Å². The Kier molecular flexibility index (Phi) is 7.95. The molecule has 0 radical (unpaired) electrons. The monoisotopic (exact) mass is 195 g/mol. The molecular formula is C12H21NO. The van der Waals surface area contributed by atoms with Gasteiger partial charge in [0, 0.05) is 19.3 Å². The highest BCUT2D eigenvalue weighted by Gasteiger charge is 1.91. The SMILES string of the molecule is CC.CCOCc1ccc(NC)cc1. The van der Waals surface area contributed by atoms with E-state index in [2.05, 4.69) is 17.4 Å². The molecule has 1 rings (SSSR count). The zero-order valence-electron chi connectivity index (χ0n) is 9.63. The summed E-state index contributed by atoms with van der Waals surface area (Å²) in [5.41, 5.74) is 2.35. The van der Waals surface area contributed by atoms with E-state index in [1.165, 1.54) is 5.56 Å². The Morgan fingerprint density at radius 2 is 1.71 bits per heavy atom. The van der Waals surface area contributed by atoms with E-state index in [0.717, 1.165) is 12.3 Å². The van der Waals surface area contributed by atoms with Gasteiger partial charge in [-0.2, -0.15) is 0 Å².